The molecule has 1 atom stereocenters. The van der Waals surface area contributed by atoms with E-state index in [4.69, 9.17) is 10.3 Å². The van der Waals surface area contributed by atoms with Crippen molar-refractivity contribution in [3.05, 3.63) is 11.7 Å². The fourth-order valence-electron chi connectivity index (χ4n) is 1.23. The van der Waals surface area contributed by atoms with E-state index in [0.717, 1.165) is 12.8 Å². The summed E-state index contributed by atoms with van der Waals surface area (Å²) >= 11 is 0. The number of amides is 1. The van der Waals surface area contributed by atoms with Crippen LogP contribution in [0, 0.1) is 5.92 Å². The van der Waals surface area contributed by atoms with E-state index in [1.807, 2.05) is 13.8 Å². The van der Waals surface area contributed by atoms with Gasteiger partial charge < -0.3 is 15.6 Å². The monoisotopic (exact) mass is 224 g/mol. The van der Waals surface area contributed by atoms with E-state index in [0.29, 0.717) is 5.89 Å². The molecule has 0 radical (unpaired) electrons. The van der Waals surface area contributed by atoms with Gasteiger partial charge in [-0.3, -0.25) is 4.79 Å². The molecule has 16 heavy (non-hydrogen) atoms. The highest BCUT2D eigenvalue weighted by atomic mass is 16.5. The van der Waals surface area contributed by atoms with E-state index in [9.17, 15) is 4.79 Å². The number of carbonyl (C=O) groups is 1. The first-order chi connectivity index (χ1) is 7.58. The van der Waals surface area contributed by atoms with Gasteiger partial charge in [0.2, 0.25) is 5.89 Å². The zero-order valence-corrected chi connectivity index (χ0v) is 9.43. The third-order valence-corrected chi connectivity index (χ3v) is 2.56. The van der Waals surface area contributed by atoms with Crippen molar-refractivity contribution in [2.45, 2.75) is 38.8 Å². The Morgan fingerprint density at radius 2 is 2.25 bits per heavy atom. The molecule has 1 aliphatic rings. The van der Waals surface area contributed by atoms with Gasteiger partial charge in [0, 0.05) is 6.04 Å². The quantitative estimate of drug-likeness (QED) is 0.781. The minimum absolute atomic E-state index is 0.0676. The number of nitrogens with zero attached hydrogens (tertiary/aromatic N) is 2. The largest absolute Gasteiger partial charge is 0.346 e. The number of rotatable bonds is 4. The topological polar surface area (TPSA) is 94.0 Å². The highest BCUT2D eigenvalue weighted by Crippen LogP contribution is 2.20. The lowest BCUT2D eigenvalue weighted by atomic mass is 10.1. The molecule has 1 aromatic rings. The molecule has 0 unspecified atom stereocenters. The predicted molar refractivity (Wildman–Crippen MR) is 56.6 cm³/mol. The molecule has 88 valence electrons. The second-order valence-electron chi connectivity index (χ2n) is 4.47. The molecular weight excluding hydrogens is 208 g/mol. The predicted octanol–water partition coefficient (Wildman–Crippen LogP) is 0.618. The molecule has 3 N–H and O–H groups in total. The van der Waals surface area contributed by atoms with Crippen LogP contribution in [0.3, 0.4) is 0 Å². The first-order valence-electron chi connectivity index (χ1n) is 5.48. The second-order valence-corrected chi connectivity index (χ2v) is 4.47. The smallest absolute Gasteiger partial charge is 0.292 e. The zero-order chi connectivity index (χ0) is 11.7. The molecule has 0 spiro atoms. The van der Waals surface area contributed by atoms with E-state index in [1.54, 1.807) is 0 Å². The normalized spacial score (nSPS) is 17.5. The lowest BCUT2D eigenvalue weighted by Crippen LogP contribution is -2.26. The van der Waals surface area contributed by atoms with Crippen LogP contribution in [0.5, 0.6) is 0 Å². The molecule has 6 nitrogen and oxygen atoms in total. The maximum Gasteiger partial charge on any atom is 0.292 e. The van der Waals surface area contributed by atoms with Gasteiger partial charge in [0.05, 0.1) is 6.04 Å². The van der Waals surface area contributed by atoms with Crippen LogP contribution in [0.25, 0.3) is 0 Å². The maximum absolute atomic E-state index is 11.6. The minimum atomic E-state index is -0.324. The van der Waals surface area contributed by atoms with Crippen LogP contribution in [0.1, 0.15) is 49.2 Å². The minimum Gasteiger partial charge on any atom is -0.346 e. The van der Waals surface area contributed by atoms with Gasteiger partial charge in [-0.05, 0) is 18.8 Å². The Morgan fingerprint density at radius 1 is 1.56 bits per heavy atom. The molecule has 1 heterocycles. The van der Waals surface area contributed by atoms with E-state index in [2.05, 4.69) is 15.5 Å². The van der Waals surface area contributed by atoms with Gasteiger partial charge in [-0.2, -0.15) is 4.98 Å². The average Bonchev–Trinajstić information content (AvgIpc) is 2.92. The third-order valence-electron chi connectivity index (χ3n) is 2.56. The highest BCUT2D eigenvalue weighted by Gasteiger charge is 2.27. The van der Waals surface area contributed by atoms with Crippen molar-refractivity contribution in [1.29, 1.82) is 0 Å². The van der Waals surface area contributed by atoms with E-state index >= 15 is 0 Å². The molecule has 0 saturated heterocycles. The van der Waals surface area contributed by atoms with Crippen LogP contribution < -0.4 is 11.1 Å². The van der Waals surface area contributed by atoms with Crippen molar-refractivity contribution in [3.8, 4) is 0 Å². The number of nitrogens with one attached hydrogen (secondary N) is 1. The first kappa shape index (κ1) is 11.1. The molecule has 1 amide bonds. The van der Waals surface area contributed by atoms with Crippen molar-refractivity contribution < 1.29 is 9.32 Å². The fourth-order valence-corrected chi connectivity index (χ4v) is 1.23. The van der Waals surface area contributed by atoms with Gasteiger partial charge in [-0.1, -0.05) is 19.0 Å². The van der Waals surface area contributed by atoms with Crippen LogP contribution >= 0.6 is 0 Å². The molecule has 0 aliphatic heterocycles. The summed E-state index contributed by atoms with van der Waals surface area (Å²) in [4.78, 5) is 15.6. The van der Waals surface area contributed by atoms with Gasteiger partial charge in [0.15, 0.2) is 0 Å². The summed E-state index contributed by atoms with van der Waals surface area (Å²) in [6.45, 7) is 3.91. The van der Waals surface area contributed by atoms with Gasteiger partial charge in [0.1, 0.15) is 0 Å². The van der Waals surface area contributed by atoms with Crippen LogP contribution in [-0.2, 0) is 0 Å². The molecular formula is C10H16N4O2. The average molecular weight is 224 g/mol. The lowest BCUT2D eigenvalue weighted by Gasteiger charge is -2.09. The fraction of sp³-hybridized carbons (Fsp3) is 0.700. The summed E-state index contributed by atoms with van der Waals surface area (Å²) in [5.41, 5.74) is 5.84. The maximum atomic E-state index is 11.6. The Balaban J connectivity index is 2.03. The van der Waals surface area contributed by atoms with Crippen molar-refractivity contribution in [3.63, 3.8) is 0 Å². The van der Waals surface area contributed by atoms with Gasteiger partial charge in [-0.25, -0.2) is 0 Å². The Kier molecular flexibility index (Phi) is 2.91. The van der Waals surface area contributed by atoms with Crippen LogP contribution in [-0.4, -0.2) is 22.1 Å². The zero-order valence-electron chi connectivity index (χ0n) is 9.43. The number of hydrogen-bond acceptors (Lipinski definition) is 5. The molecule has 2 rings (SSSR count). The molecule has 1 saturated carbocycles. The summed E-state index contributed by atoms with van der Waals surface area (Å²) in [6, 6.07) is -0.0387. The van der Waals surface area contributed by atoms with Gasteiger partial charge >= 0.3 is 0 Å². The Labute approximate surface area is 93.6 Å². The molecule has 6 heteroatoms. The molecule has 0 aromatic carbocycles. The van der Waals surface area contributed by atoms with Gasteiger partial charge in [0.25, 0.3) is 11.7 Å². The third kappa shape index (κ3) is 2.38. The molecule has 1 fully saturated rings. The standard InChI is InChI=1S/C10H16N4O2/c1-5(2)7(11)10-13-8(14-16-10)9(15)12-6-3-4-6/h5-7H,3-4,11H2,1-2H3,(H,12,15)/t7-/m1/s1. The Morgan fingerprint density at radius 3 is 2.81 bits per heavy atom. The van der Waals surface area contributed by atoms with E-state index in [-0.39, 0.29) is 29.7 Å². The van der Waals surface area contributed by atoms with Crippen molar-refractivity contribution in [1.82, 2.24) is 15.5 Å². The van der Waals surface area contributed by atoms with E-state index in [1.165, 1.54) is 0 Å². The lowest BCUT2D eigenvalue weighted by molar-refractivity contribution is 0.0937. The number of carbonyl (C=O) groups excluding carboxylic acids is 1. The Hall–Kier alpha value is -1.43. The summed E-state index contributed by atoms with van der Waals surface area (Å²) in [7, 11) is 0. The van der Waals surface area contributed by atoms with Gasteiger partial charge in [-0.15, -0.1) is 0 Å². The summed E-state index contributed by atoms with van der Waals surface area (Å²) in [5, 5.41) is 6.41. The van der Waals surface area contributed by atoms with Crippen LogP contribution in [0.2, 0.25) is 0 Å². The van der Waals surface area contributed by atoms with Crippen LogP contribution in [0.4, 0.5) is 0 Å². The summed E-state index contributed by atoms with van der Waals surface area (Å²) in [6.07, 6.45) is 2.06. The second kappa shape index (κ2) is 4.21. The number of hydrogen-bond donors (Lipinski definition) is 2. The summed E-state index contributed by atoms with van der Waals surface area (Å²) in [5.74, 6) is 0.294. The molecule has 0 bridgehead atoms. The van der Waals surface area contributed by atoms with E-state index < -0.39 is 0 Å². The Bertz CT molecular complexity index is 384. The SMILES string of the molecule is CC(C)[C@@H](N)c1nc(C(=O)NC2CC2)no1. The van der Waals surface area contributed by atoms with Crippen LogP contribution in [0.15, 0.2) is 4.52 Å². The highest BCUT2D eigenvalue weighted by molar-refractivity contribution is 5.90. The summed E-state index contributed by atoms with van der Waals surface area (Å²) < 4.78 is 4.96. The molecule has 1 aromatic heterocycles. The number of aromatic nitrogens is 2. The van der Waals surface area contributed by atoms with Crippen molar-refractivity contribution in [2.24, 2.45) is 11.7 Å². The molecule has 1 aliphatic carbocycles. The first-order valence-corrected chi connectivity index (χ1v) is 5.48. The van der Waals surface area contributed by atoms with Crippen molar-refractivity contribution >= 4 is 5.91 Å². The van der Waals surface area contributed by atoms with Crippen molar-refractivity contribution in [2.75, 3.05) is 0 Å². The number of nitrogens with two attached hydrogens (primary N) is 1.